The van der Waals surface area contributed by atoms with Crippen LogP contribution in [-0.4, -0.2) is 0 Å². The molecule has 0 spiro atoms. The lowest BCUT2D eigenvalue weighted by molar-refractivity contribution is 1.07. The summed E-state index contributed by atoms with van der Waals surface area (Å²) in [6.45, 7) is 0.524. The van der Waals surface area contributed by atoms with E-state index in [2.05, 4.69) is 6.07 Å². The molecule has 2 N–H and O–H groups in total. The number of benzene rings is 1. The third kappa shape index (κ3) is 1.91. The lowest BCUT2D eigenvalue weighted by Crippen LogP contribution is -1.97. The fraction of sp³-hybridized carbons (Fsp3) is 0.0833. The third-order valence-electron chi connectivity index (χ3n) is 2.22. The van der Waals surface area contributed by atoms with Gasteiger partial charge < -0.3 is 5.73 Å². The van der Waals surface area contributed by atoms with Crippen molar-refractivity contribution >= 4 is 11.3 Å². The van der Waals surface area contributed by atoms with Crippen molar-refractivity contribution in [3.8, 4) is 16.5 Å². The number of hydrogen-bond donors (Lipinski definition) is 1. The predicted octanol–water partition coefficient (Wildman–Crippen LogP) is 2.75. The van der Waals surface area contributed by atoms with E-state index in [0.717, 1.165) is 20.9 Å². The number of rotatable bonds is 2. The molecule has 1 aromatic carbocycles. The maximum atomic E-state index is 8.76. The van der Waals surface area contributed by atoms with Crippen molar-refractivity contribution in [2.24, 2.45) is 5.73 Å². The smallest absolute Gasteiger partial charge is 0.110 e. The molecule has 0 saturated carbocycles. The maximum Gasteiger partial charge on any atom is 0.110 e. The minimum absolute atomic E-state index is 0.524. The Kier molecular flexibility index (Phi) is 2.82. The van der Waals surface area contributed by atoms with Crippen molar-refractivity contribution in [3.05, 3.63) is 46.8 Å². The second-order valence-corrected chi connectivity index (χ2v) is 4.22. The van der Waals surface area contributed by atoms with Crippen LogP contribution in [0.2, 0.25) is 0 Å². The van der Waals surface area contributed by atoms with Crippen LogP contribution in [-0.2, 0) is 6.54 Å². The SMILES string of the molecule is N#Cc1ccc(-c2ccccc2CN)s1. The number of nitriles is 1. The Hall–Kier alpha value is -1.63. The first-order valence-electron chi connectivity index (χ1n) is 4.63. The van der Waals surface area contributed by atoms with Crippen LogP contribution in [0.1, 0.15) is 10.4 Å². The van der Waals surface area contributed by atoms with Gasteiger partial charge >= 0.3 is 0 Å². The number of nitrogens with two attached hydrogens (primary N) is 1. The molecule has 0 aliphatic carbocycles. The first-order chi connectivity index (χ1) is 7.35. The normalized spacial score (nSPS) is 9.87. The van der Waals surface area contributed by atoms with Gasteiger partial charge in [-0.2, -0.15) is 5.26 Å². The topological polar surface area (TPSA) is 49.8 Å². The van der Waals surface area contributed by atoms with Crippen molar-refractivity contribution in [1.82, 2.24) is 0 Å². The Morgan fingerprint density at radius 3 is 2.67 bits per heavy atom. The maximum absolute atomic E-state index is 8.76. The van der Waals surface area contributed by atoms with Crippen molar-refractivity contribution in [1.29, 1.82) is 5.26 Å². The molecule has 1 heterocycles. The molecule has 0 fully saturated rings. The number of thiophene rings is 1. The molecule has 2 aromatic rings. The van der Waals surface area contributed by atoms with Crippen molar-refractivity contribution in [2.45, 2.75) is 6.54 Å². The molecule has 2 rings (SSSR count). The highest BCUT2D eigenvalue weighted by Gasteiger charge is 2.05. The molecule has 15 heavy (non-hydrogen) atoms. The summed E-state index contributed by atoms with van der Waals surface area (Å²) in [5.41, 5.74) is 7.91. The van der Waals surface area contributed by atoms with Crippen LogP contribution >= 0.6 is 11.3 Å². The number of hydrogen-bond acceptors (Lipinski definition) is 3. The molecule has 0 aliphatic heterocycles. The minimum atomic E-state index is 0.524. The van der Waals surface area contributed by atoms with Crippen LogP contribution in [0.3, 0.4) is 0 Å². The van der Waals surface area contributed by atoms with Crippen LogP contribution in [0, 0.1) is 11.3 Å². The second kappa shape index (κ2) is 4.26. The monoisotopic (exact) mass is 214 g/mol. The summed E-state index contributed by atoms with van der Waals surface area (Å²) in [4.78, 5) is 1.84. The first kappa shape index (κ1) is 9.91. The van der Waals surface area contributed by atoms with Gasteiger partial charge in [0.2, 0.25) is 0 Å². The molecule has 3 heteroatoms. The third-order valence-corrected chi connectivity index (χ3v) is 3.24. The highest BCUT2D eigenvalue weighted by Crippen LogP contribution is 2.30. The Morgan fingerprint density at radius 1 is 1.20 bits per heavy atom. The van der Waals surface area contributed by atoms with Crippen LogP contribution in [0.15, 0.2) is 36.4 Å². The first-order valence-corrected chi connectivity index (χ1v) is 5.45. The van der Waals surface area contributed by atoms with E-state index in [1.165, 1.54) is 11.3 Å². The van der Waals surface area contributed by atoms with Gasteiger partial charge in [-0.05, 0) is 23.3 Å². The van der Waals surface area contributed by atoms with Crippen molar-refractivity contribution in [3.63, 3.8) is 0 Å². The largest absolute Gasteiger partial charge is 0.326 e. The Balaban J connectivity index is 2.49. The zero-order chi connectivity index (χ0) is 10.7. The lowest BCUT2D eigenvalue weighted by Gasteiger charge is -2.03. The Morgan fingerprint density at radius 2 is 2.00 bits per heavy atom. The molecule has 0 radical (unpaired) electrons. The summed E-state index contributed by atoms with van der Waals surface area (Å²) < 4.78 is 0. The molecule has 0 atom stereocenters. The molecule has 1 aromatic heterocycles. The van der Waals surface area contributed by atoms with Gasteiger partial charge in [-0.15, -0.1) is 11.3 Å². The van der Waals surface area contributed by atoms with Gasteiger partial charge in [0.25, 0.3) is 0 Å². The summed E-state index contributed by atoms with van der Waals surface area (Å²) in [5.74, 6) is 0. The van der Waals surface area contributed by atoms with E-state index in [0.29, 0.717) is 6.54 Å². The summed E-state index contributed by atoms with van der Waals surface area (Å²) in [5, 5.41) is 8.76. The van der Waals surface area contributed by atoms with Crippen LogP contribution in [0.5, 0.6) is 0 Å². The van der Waals surface area contributed by atoms with E-state index < -0.39 is 0 Å². The average molecular weight is 214 g/mol. The molecule has 0 amide bonds. The van der Waals surface area contributed by atoms with E-state index >= 15 is 0 Å². The molecule has 0 aliphatic rings. The Bertz CT molecular complexity index is 508. The number of nitrogens with zero attached hydrogens (tertiary/aromatic N) is 1. The lowest BCUT2D eigenvalue weighted by atomic mass is 10.1. The van der Waals surface area contributed by atoms with Crippen molar-refractivity contribution < 1.29 is 0 Å². The molecule has 0 saturated heterocycles. The van der Waals surface area contributed by atoms with Gasteiger partial charge in [0.15, 0.2) is 0 Å². The summed E-state index contributed by atoms with van der Waals surface area (Å²) in [6.07, 6.45) is 0. The van der Waals surface area contributed by atoms with Gasteiger partial charge in [0.1, 0.15) is 10.9 Å². The average Bonchev–Trinajstić information content (AvgIpc) is 2.77. The molecule has 2 nitrogen and oxygen atoms in total. The standard InChI is InChI=1S/C12H10N2S/c13-7-9-3-1-2-4-11(9)12-6-5-10(8-14)15-12/h1-6H,7,13H2. The van der Waals surface area contributed by atoms with Gasteiger partial charge in [0.05, 0.1) is 0 Å². The summed E-state index contributed by atoms with van der Waals surface area (Å²) in [6, 6.07) is 14.0. The van der Waals surface area contributed by atoms with Crippen LogP contribution in [0.4, 0.5) is 0 Å². The highest BCUT2D eigenvalue weighted by atomic mass is 32.1. The molecular formula is C12H10N2S. The van der Waals surface area contributed by atoms with E-state index in [9.17, 15) is 0 Å². The molecule has 74 valence electrons. The second-order valence-electron chi connectivity index (χ2n) is 3.14. The molecule has 0 bridgehead atoms. The van der Waals surface area contributed by atoms with Crippen LogP contribution in [0.25, 0.3) is 10.4 Å². The fourth-order valence-electron chi connectivity index (χ4n) is 1.48. The van der Waals surface area contributed by atoms with E-state index in [1.54, 1.807) is 0 Å². The highest BCUT2D eigenvalue weighted by molar-refractivity contribution is 7.16. The zero-order valence-electron chi connectivity index (χ0n) is 8.10. The van der Waals surface area contributed by atoms with Gasteiger partial charge in [-0.1, -0.05) is 24.3 Å². The van der Waals surface area contributed by atoms with E-state index in [4.69, 9.17) is 11.0 Å². The van der Waals surface area contributed by atoms with Crippen molar-refractivity contribution in [2.75, 3.05) is 0 Å². The summed E-state index contributed by atoms with van der Waals surface area (Å²) in [7, 11) is 0. The summed E-state index contributed by atoms with van der Waals surface area (Å²) >= 11 is 1.50. The van der Waals surface area contributed by atoms with Crippen LogP contribution < -0.4 is 5.73 Å². The van der Waals surface area contributed by atoms with Gasteiger partial charge in [0, 0.05) is 11.4 Å². The fourth-order valence-corrected chi connectivity index (χ4v) is 2.35. The molecular weight excluding hydrogens is 204 g/mol. The van der Waals surface area contributed by atoms with E-state index in [-0.39, 0.29) is 0 Å². The molecule has 0 unspecified atom stereocenters. The zero-order valence-corrected chi connectivity index (χ0v) is 8.92. The van der Waals surface area contributed by atoms with Gasteiger partial charge in [-0.3, -0.25) is 0 Å². The predicted molar refractivity (Wildman–Crippen MR) is 62.4 cm³/mol. The van der Waals surface area contributed by atoms with E-state index in [1.807, 2.05) is 36.4 Å². The Labute approximate surface area is 92.6 Å². The van der Waals surface area contributed by atoms with Gasteiger partial charge in [-0.25, -0.2) is 0 Å². The minimum Gasteiger partial charge on any atom is -0.326 e. The quantitative estimate of drug-likeness (QED) is 0.835.